The van der Waals surface area contributed by atoms with E-state index in [9.17, 15) is 5.11 Å². The number of benzene rings is 1. The predicted molar refractivity (Wildman–Crippen MR) is 83.6 cm³/mol. The van der Waals surface area contributed by atoms with Crippen molar-refractivity contribution in [2.45, 2.75) is 0 Å². The highest BCUT2D eigenvalue weighted by atomic mass is 35.5. The van der Waals surface area contributed by atoms with Gasteiger partial charge in [-0.1, -0.05) is 11.6 Å². The molecule has 1 N–H and O–H groups in total. The van der Waals surface area contributed by atoms with Crippen molar-refractivity contribution in [3.05, 3.63) is 38.1 Å². The third-order valence-corrected chi connectivity index (χ3v) is 3.96. The van der Waals surface area contributed by atoms with Crippen molar-refractivity contribution in [1.82, 2.24) is 4.68 Å². The average Bonchev–Trinajstić information content (AvgIpc) is 2.68. The predicted octanol–water partition coefficient (Wildman–Crippen LogP) is 3.59. The molecular formula is C12H12ClN3OS2. The Bertz CT molecular complexity index is 676. The van der Waals surface area contributed by atoms with Crippen molar-refractivity contribution in [3.63, 3.8) is 0 Å². The van der Waals surface area contributed by atoms with Gasteiger partial charge in [-0.2, -0.15) is 9.78 Å². The SMILES string of the molecule is CN(C)c1ccc(/C=N/n2c(O)csc2=S)c(Cl)c1. The fourth-order valence-corrected chi connectivity index (χ4v) is 2.48. The molecule has 100 valence electrons. The molecule has 0 saturated carbocycles. The van der Waals surface area contributed by atoms with Crippen LogP contribution in [0.15, 0.2) is 28.7 Å². The molecule has 2 rings (SSSR count). The fraction of sp³-hybridized carbons (Fsp3) is 0.167. The van der Waals surface area contributed by atoms with Gasteiger partial charge in [0.15, 0.2) is 3.95 Å². The summed E-state index contributed by atoms with van der Waals surface area (Å²) >= 11 is 12.5. The molecule has 0 aliphatic carbocycles. The zero-order valence-electron chi connectivity index (χ0n) is 10.4. The van der Waals surface area contributed by atoms with Gasteiger partial charge in [0.25, 0.3) is 0 Å². The van der Waals surface area contributed by atoms with E-state index in [0.29, 0.717) is 8.98 Å². The van der Waals surface area contributed by atoms with Gasteiger partial charge in [0, 0.05) is 25.3 Å². The van der Waals surface area contributed by atoms with E-state index in [1.807, 2.05) is 37.2 Å². The van der Waals surface area contributed by atoms with Gasteiger partial charge < -0.3 is 10.0 Å². The molecule has 2 aromatic rings. The summed E-state index contributed by atoms with van der Waals surface area (Å²) in [6.45, 7) is 0. The minimum atomic E-state index is 0.0206. The molecule has 19 heavy (non-hydrogen) atoms. The zero-order chi connectivity index (χ0) is 14.0. The van der Waals surface area contributed by atoms with Crippen LogP contribution in [0.3, 0.4) is 0 Å². The highest BCUT2D eigenvalue weighted by Gasteiger charge is 2.03. The lowest BCUT2D eigenvalue weighted by atomic mass is 10.2. The molecular weight excluding hydrogens is 302 g/mol. The molecule has 0 aliphatic heterocycles. The molecule has 7 heteroatoms. The second kappa shape index (κ2) is 5.73. The quantitative estimate of drug-likeness (QED) is 0.695. The largest absolute Gasteiger partial charge is 0.493 e. The van der Waals surface area contributed by atoms with Crippen LogP contribution in [0.1, 0.15) is 5.56 Å². The van der Waals surface area contributed by atoms with Crippen molar-refractivity contribution >= 4 is 47.1 Å². The Morgan fingerprint density at radius 1 is 1.47 bits per heavy atom. The smallest absolute Gasteiger partial charge is 0.224 e. The summed E-state index contributed by atoms with van der Waals surface area (Å²) in [6.07, 6.45) is 1.57. The van der Waals surface area contributed by atoms with E-state index in [-0.39, 0.29) is 5.88 Å². The Labute approximate surface area is 125 Å². The van der Waals surface area contributed by atoms with Crippen molar-refractivity contribution in [2.24, 2.45) is 5.10 Å². The number of nitrogens with zero attached hydrogens (tertiary/aromatic N) is 3. The van der Waals surface area contributed by atoms with Crippen LogP contribution in [0.4, 0.5) is 5.69 Å². The summed E-state index contributed by atoms with van der Waals surface area (Å²) in [5.74, 6) is 0.0206. The molecule has 0 bridgehead atoms. The Balaban J connectivity index is 2.32. The molecule has 1 aromatic carbocycles. The van der Waals surface area contributed by atoms with E-state index >= 15 is 0 Å². The minimum absolute atomic E-state index is 0.0206. The summed E-state index contributed by atoms with van der Waals surface area (Å²) in [7, 11) is 3.89. The summed E-state index contributed by atoms with van der Waals surface area (Å²) < 4.78 is 1.77. The number of rotatable bonds is 3. The molecule has 0 unspecified atom stereocenters. The maximum Gasteiger partial charge on any atom is 0.224 e. The van der Waals surface area contributed by atoms with Gasteiger partial charge in [-0.15, -0.1) is 11.3 Å². The first kappa shape index (κ1) is 14.0. The van der Waals surface area contributed by atoms with Gasteiger partial charge in [0.2, 0.25) is 5.88 Å². The van der Waals surface area contributed by atoms with Gasteiger partial charge in [0.05, 0.1) is 16.6 Å². The van der Waals surface area contributed by atoms with Gasteiger partial charge in [-0.05, 0) is 30.4 Å². The van der Waals surface area contributed by atoms with Crippen LogP contribution in [0.2, 0.25) is 5.02 Å². The molecule has 0 spiro atoms. The average molecular weight is 314 g/mol. The Morgan fingerprint density at radius 3 is 2.74 bits per heavy atom. The number of aromatic hydroxyl groups is 1. The van der Waals surface area contributed by atoms with Crippen LogP contribution < -0.4 is 4.90 Å². The summed E-state index contributed by atoms with van der Waals surface area (Å²) in [5.41, 5.74) is 1.77. The lowest BCUT2D eigenvalue weighted by Gasteiger charge is -2.13. The van der Waals surface area contributed by atoms with Crippen LogP contribution in [0, 0.1) is 3.95 Å². The number of aromatic nitrogens is 1. The third-order valence-electron chi connectivity index (χ3n) is 2.47. The number of hydrogen-bond donors (Lipinski definition) is 1. The van der Waals surface area contributed by atoms with Gasteiger partial charge in [-0.3, -0.25) is 0 Å². The fourth-order valence-electron chi connectivity index (χ4n) is 1.42. The first-order valence-electron chi connectivity index (χ1n) is 5.40. The molecule has 0 saturated heterocycles. The van der Waals surface area contributed by atoms with Crippen LogP contribution >= 0.6 is 35.2 Å². The van der Waals surface area contributed by atoms with Crippen LogP contribution in [-0.2, 0) is 0 Å². The maximum atomic E-state index is 9.55. The van der Waals surface area contributed by atoms with Crippen LogP contribution in [0.25, 0.3) is 0 Å². The monoisotopic (exact) mass is 313 g/mol. The van der Waals surface area contributed by atoms with E-state index in [0.717, 1.165) is 11.3 Å². The molecule has 0 amide bonds. The van der Waals surface area contributed by atoms with Crippen molar-refractivity contribution in [1.29, 1.82) is 0 Å². The lowest BCUT2D eigenvalue weighted by molar-refractivity contribution is 0.429. The Hall–Kier alpha value is -1.37. The first-order valence-corrected chi connectivity index (χ1v) is 7.06. The van der Waals surface area contributed by atoms with Gasteiger partial charge in [0.1, 0.15) is 0 Å². The Kier molecular flexibility index (Phi) is 4.24. The maximum absolute atomic E-state index is 9.55. The molecule has 1 aromatic heterocycles. The first-order chi connectivity index (χ1) is 8.99. The summed E-state index contributed by atoms with van der Waals surface area (Å²) in [4.78, 5) is 1.97. The van der Waals surface area contributed by atoms with Crippen LogP contribution in [0.5, 0.6) is 5.88 Å². The van der Waals surface area contributed by atoms with Crippen LogP contribution in [-0.4, -0.2) is 30.1 Å². The van der Waals surface area contributed by atoms with Crippen molar-refractivity contribution in [3.8, 4) is 5.88 Å². The second-order valence-electron chi connectivity index (χ2n) is 4.02. The molecule has 0 aliphatic rings. The standard InChI is InChI=1S/C12H12ClN3OS2/c1-15(2)9-4-3-8(10(13)5-9)6-14-16-11(17)7-19-12(16)18/h3-7,17H,1-2H3/b14-6+. The normalized spacial score (nSPS) is 11.1. The number of hydrogen-bond acceptors (Lipinski definition) is 5. The Morgan fingerprint density at radius 2 is 2.21 bits per heavy atom. The molecule has 4 nitrogen and oxygen atoms in total. The summed E-state index contributed by atoms with van der Waals surface area (Å²) in [6, 6.07) is 5.67. The second-order valence-corrected chi connectivity index (χ2v) is 5.93. The summed E-state index contributed by atoms with van der Waals surface area (Å²) in [5, 5.41) is 15.8. The van der Waals surface area contributed by atoms with E-state index in [1.165, 1.54) is 21.4 Å². The highest BCUT2D eigenvalue weighted by molar-refractivity contribution is 7.73. The highest BCUT2D eigenvalue weighted by Crippen LogP contribution is 2.22. The van der Waals surface area contributed by atoms with E-state index in [2.05, 4.69) is 5.10 Å². The number of anilines is 1. The molecule has 1 heterocycles. The topological polar surface area (TPSA) is 40.8 Å². The third kappa shape index (κ3) is 3.15. The van der Waals surface area contributed by atoms with E-state index in [4.69, 9.17) is 23.8 Å². The van der Waals surface area contributed by atoms with E-state index < -0.39 is 0 Å². The molecule has 0 fully saturated rings. The lowest BCUT2D eigenvalue weighted by Crippen LogP contribution is -2.08. The van der Waals surface area contributed by atoms with Gasteiger partial charge >= 0.3 is 0 Å². The number of thiazole rings is 1. The molecule has 0 radical (unpaired) electrons. The minimum Gasteiger partial charge on any atom is -0.493 e. The van der Waals surface area contributed by atoms with Crippen molar-refractivity contribution < 1.29 is 5.11 Å². The molecule has 0 atom stereocenters. The van der Waals surface area contributed by atoms with Crippen molar-refractivity contribution in [2.75, 3.05) is 19.0 Å². The van der Waals surface area contributed by atoms with Gasteiger partial charge in [-0.25, -0.2) is 0 Å². The van der Waals surface area contributed by atoms with E-state index in [1.54, 1.807) is 6.21 Å². The number of halogens is 1. The zero-order valence-corrected chi connectivity index (χ0v) is 12.8.